The fourth-order valence-corrected chi connectivity index (χ4v) is 3.13. The average Bonchev–Trinajstić information content (AvgIpc) is 2.97. The summed E-state index contributed by atoms with van der Waals surface area (Å²) in [6, 6.07) is 1.78. The molecule has 1 aliphatic heterocycles. The van der Waals surface area contributed by atoms with Crippen LogP contribution < -0.4 is 4.74 Å². The third kappa shape index (κ3) is 4.62. The van der Waals surface area contributed by atoms with Gasteiger partial charge in [-0.1, -0.05) is 0 Å². The highest BCUT2D eigenvalue weighted by molar-refractivity contribution is 9.10. The Morgan fingerprint density at radius 2 is 1.96 bits per heavy atom. The Balaban J connectivity index is 2.32. The van der Waals surface area contributed by atoms with Crippen LogP contribution in [0.3, 0.4) is 0 Å². The summed E-state index contributed by atoms with van der Waals surface area (Å²) in [5.74, 6) is -0.690. The molecule has 0 N–H and O–H groups in total. The maximum absolute atomic E-state index is 12.4. The molecule has 0 aromatic carbocycles. The lowest BCUT2D eigenvalue weighted by Gasteiger charge is -2.24. The molecule has 2 unspecified atom stereocenters. The molecule has 0 aliphatic carbocycles. The molecule has 8 heteroatoms. The van der Waals surface area contributed by atoms with Gasteiger partial charge in [-0.25, -0.2) is 4.79 Å². The summed E-state index contributed by atoms with van der Waals surface area (Å²) in [5.41, 5.74) is 0.0101. The smallest absolute Gasteiger partial charge is 0.410 e. The maximum atomic E-state index is 12.4. The van der Waals surface area contributed by atoms with E-state index in [-0.39, 0.29) is 18.4 Å². The minimum absolute atomic E-state index is 0.215. The zero-order chi connectivity index (χ0) is 18.8. The fraction of sp³-hybridized carbons (Fsp3) is 0.588. The number of hydrogen-bond donors (Lipinski definition) is 0. The highest BCUT2D eigenvalue weighted by Crippen LogP contribution is 2.38. The molecule has 25 heavy (non-hydrogen) atoms. The number of likely N-dealkylation sites (tertiary alicyclic amines) is 1. The molecule has 2 heterocycles. The second kappa shape index (κ2) is 7.59. The monoisotopic (exact) mass is 414 g/mol. The third-order valence-electron chi connectivity index (χ3n) is 3.90. The molecule has 1 aromatic heterocycles. The average molecular weight is 415 g/mol. The van der Waals surface area contributed by atoms with Crippen molar-refractivity contribution in [1.29, 1.82) is 0 Å². The molecule has 1 fully saturated rings. The van der Waals surface area contributed by atoms with Crippen molar-refractivity contribution in [1.82, 2.24) is 9.88 Å². The highest BCUT2D eigenvalue weighted by Gasteiger charge is 2.44. The Morgan fingerprint density at radius 1 is 1.28 bits per heavy atom. The number of aromatic nitrogens is 1. The van der Waals surface area contributed by atoms with E-state index >= 15 is 0 Å². The summed E-state index contributed by atoms with van der Waals surface area (Å²) in [7, 11) is 2.88. The van der Waals surface area contributed by atoms with Crippen LogP contribution in [-0.4, -0.2) is 54.9 Å². The van der Waals surface area contributed by atoms with E-state index < -0.39 is 17.6 Å². The molecule has 1 amide bonds. The normalized spacial score (nSPS) is 20.3. The van der Waals surface area contributed by atoms with E-state index in [2.05, 4.69) is 20.9 Å². The predicted octanol–water partition coefficient (Wildman–Crippen LogP) is 2.98. The number of halogens is 1. The molecule has 0 saturated carbocycles. The zero-order valence-electron chi connectivity index (χ0n) is 15.0. The van der Waals surface area contributed by atoms with E-state index in [1.807, 2.05) is 0 Å². The van der Waals surface area contributed by atoms with Gasteiger partial charge in [-0.15, -0.1) is 0 Å². The van der Waals surface area contributed by atoms with Crippen LogP contribution in [0.4, 0.5) is 4.79 Å². The van der Waals surface area contributed by atoms with Crippen LogP contribution in [0.2, 0.25) is 0 Å². The molecule has 1 aromatic rings. The second-order valence-corrected chi connectivity index (χ2v) is 7.78. The van der Waals surface area contributed by atoms with Crippen LogP contribution in [-0.2, 0) is 14.3 Å². The molecule has 2 atom stereocenters. The summed E-state index contributed by atoms with van der Waals surface area (Å²) in [5, 5.41) is 0. The molecule has 0 spiro atoms. The Hall–Kier alpha value is -1.83. The predicted molar refractivity (Wildman–Crippen MR) is 94.5 cm³/mol. The first-order valence-electron chi connectivity index (χ1n) is 7.91. The van der Waals surface area contributed by atoms with Gasteiger partial charge >= 0.3 is 12.1 Å². The molecule has 1 aliphatic rings. The summed E-state index contributed by atoms with van der Waals surface area (Å²) in [6.07, 6.45) is 1.18. The molecule has 2 rings (SSSR count). The third-order valence-corrected chi connectivity index (χ3v) is 4.33. The van der Waals surface area contributed by atoms with Crippen LogP contribution >= 0.6 is 15.9 Å². The number of pyridine rings is 1. The standard InChI is InChI=1S/C17H23BrN2O5/c1-17(2,3)25-16(22)20-8-11(12(9-20)15(21)24-5)14-13(23-4)6-10(18)7-19-14/h6-7,11-12H,8-9H2,1-5H3. The van der Waals surface area contributed by atoms with Crippen LogP contribution in [0.15, 0.2) is 16.7 Å². The Labute approximate surface area is 155 Å². The van der Waals surface area contributed by atoms with Crippen molar-refractivity contribution >= 4 is 28.0 Å². The molecular weight excluding hydrogens is 392 g/mol. The maximum Gasteiger partial charge on any atom is 0.410 e. The van der Waals surface area contributed by atoms with Gasteiger partial charge in [0.25, 0.3) is 0 Å². The van der Waals surface area contributed by atoms with Gasteiger partial charge in [0.15, 0.2) is 0 Å². The minimum atomic E-state index is -0.608. The van der Waals surface area contributed by atoms with E-state index in [1.165, 1.54) is 12.0 Å². The van der Waals surface area contributed by atoms with E-state index in [1.54, 1.807) is 40.1 Å². The van der Waals surface area contributed by atoms with Gasteiger partial charge in [-0.05, 0) is 42.8 Å². The number of amides is 1. The van der Waals surface area contributed by atoms with E-state index in [0.717, 1.165) is 4.47 Å². The van der Waals surface area contributed by atoms with Gasteiger partial charge in [-0.2, -0.15) is 0 Å². The van der Waals surface area contributed by atoms with Gasteiger partial charge in [0, 0.05) is 29.7 Å². The number of ether oxygens (including phenoxy) is 3. The van der Waals surface area contributed by atoms with Crippen molar-refractivity contribution in [3.05, 3.63) is 22.4 Å². The topological polar surface area (TPSA) is 78.0 Å². The van der Waals surface area contributed by atoms with Crippen LogP contribution in [0.5, 0.6) is 5.75 Å². The molecule has 1 saturated heterocycles. The Morgan fingerprint density at radius 3 is 2.52 bits per heavy atom. The second-order valence-electron chi connectivity index (χ2n) is 6.86. The van der Waals surface area contributed by atoms with Gasteiger partial charge in [0.05, 0.1) is 25.8 Å². The van der Waals surface area contributed by atoms with E-state index in [9.17, 15) is 9.59 Å². The van der Waals surface area contributed by atoms with Gasteiger partial charge in [-0.3, -0.25) is 9.78 Å². The molecule has 0 bridgehead atoms. The van der Waals surface area contributed by atoms with Crippen LogP contribution in [0.1, 0.15) is 32.4 Å². The zero-order valence-corrected chi connectivity index (χ0v) is 16.6. The van der Waals surface area contributed by atoms with Crippen molar-refractivity contribution in [3.8, 4) is 5.75 Å². The van der Waals surface area contributed by atoms with Gasteiger partial charge in [0.1, 0.15) is 11.4 Å². The summed E-state index contributed by atoms with van der Waals surface area (Å²) < 4.78 is 16.5. The number of rotatable bonds is 3. The minimum Gasteiger partial charge on any atom is -0.495 e. The molecule has 0 radical (unpaired) electrons. The first-order valence-corrected chi connectivity index (χ1v) is 8.70. The summed E-state index contributed by atoms with van der Waals surface area (Å²) in [6.45, 7) is 5.92. The van der Waals surface area contributed by atoms with E-state index in [4.69, 9.17) is 14.2 Å². The Kier molecular flexibility index (Phi) is 5.92. The number of hydrogen-bond acceptors (Lipinski definition) is 6. The first kappa shape index (κ1) is 19.5. The lowest BCUT2D eigenvalue weighted by atomic mass is 9.92. The molecule has 7 nitrogen and oxygen atoms in total. The van der Waals surface area contributed by atoms with Crippen molar-refractivity contribution < 1.29 is 23.8 Å². The number of carbonyl (C=O) groups excluding carboxylic acids is 2. The van der Waals surface area contributed by atoms with Crippen LogP contribution in [0.25, 0.3) is 0 Å². The fourth-order valence-electron chi connectivity index (χ4n) is 2.82. The number of nitrogens with zero attached hydrogens (tertiary/aromatic N) is 2. The van der Waals surface area contributed by atoms with Crippen molar-refractivity contribution in [2.45, 2.75) is 32.3 Å². The Bertz CT molecular complexity index is 659. The van der Waals surface area contributed by atoms with Gasteiger partial charge < -0.3 is 19.1 Å². The van der Waals surface area contributed by atoms with Crippen LogP contribution in [0, 0.1) is 5.92 Å². The number of esters is 1. The largest absolute Gasteiger partial charge is 0.495 e. The van der Waals surface area contributed by atoms with Crippen molar-refractivity contribution in [3.63, 3.8) is 0 Å². The summed E-state index contributed by atoms with van der Waals surface area (Å²) in [4.78, 5) is 30.6. The lowest BCUT2D eigenvalue weighted by Crippen LogP contribution is -2.36. The highest BCUT2D eigenvalue weighted by atomic mass is 79.9. The first-order chi connectivity index (χ1) is 11.7. The van der Waals surface area contributed by atoms with Crippen molar-refractivity contribution in [2.24, 2.45) is 5.92 Å². The van der Waals surface area contributed by atoms with Crippen molar-refractivity contribution in [2.75, 3.05) is 27.3 Å². The quantitative estimate of drug-likeness (QED) is 0.707. The molecular formula is C17H23BrN2O5. The number of methoxy groups -OCH3 is 2. The number of carbonyl (C=O) groups is 2. The lowest BCUT2D eigenvalue weighted by molar-refractivity contribution is -0.145. The molecule has 138 valence electrons. The van der Waals surface area contributed by atoms with Gasteiger partial charge in [0.2, 0.25) is 0 Å². The SMILES string of the molecule is COC(=O)C1CN(C(=O)OC(C)(C)C)CC1c1ncc(Br)cc1OC. The summed E-state index contributed by atoms with van der Waals surface area (Å²) >= 11 is 3.35. The van der Waals surface area contributed by atoms with E-state index in [0.29, 0.717) is 18.0 Å².